The van der Waals surface area contributed by atoms with Crippen LogP contribution < -0.4 is 5.32 Å². The van der Waals surface area contributed by atoms with Crippen molar-refractivity contribution in [1.29, 1.82) is 0 Å². The zero-order chi connectivity index (χ0) is 17.9. The number of amides is 1. The molecule has 136 valence electrons. The lowest BCUT2D eigenvalue weighted by Gasteiger charge is -2.33. The SMILES string of the molecule is CCn1cc(CN2Cc3cncn3[C@@H](C(=O)NCc3cccs3)C2)cn1. The third-order valence-corrected chi connectivity index (χ3v) is 5.51. The second-order valence-corrected chi connectivity index (χ2v) is 7.51. The molecular weight excluding hydrogens is 348 g/mol. The molecule has 1 N–H and O–H groups in total. The average Bonchev–Trinajstić information content (AvgIpc) is 3.40. The molecular formula is C18H22N6OS. The molecule has 0 aromatic carbocycles. The van der Waals surface area contributed by atoms with E-state index in [1.165, 1.54) is 0 Å². The molecule has 4 heterocycles. The smallest absolute Gasteiger partial charge is 0.244 e. The van der Waals surface area contributed by atoms with Crippen LogP contribution in [0.15, 0.2) is 42.4 Å². The summed E-state index contributed by atoms with van der Waals surface area (Å²) in [6, 6.07) is 3.77. The fourth-order valence-corrected chi connectivity index (χ4v) is 3.96. The molecule has 0 bridgehead atoms. The molecule has 7 nitrogen and oxygen atoms in total. The summed E-state index contributed by atoms with van der Waals surface area (Å²) in [7, 11) is 0. The highest BCUT2D eigenvalue weighted by molar-refractivity contribution is 7.09. The van der Waals surface area contributed by atoms with Crippen LogP contribution in [0.4, 0.5) is 0 Å². The molecule has 1 amide bonds. The summed E-state index contributed by atoms with van der Waals surface area (Å²) in [5.41, 5.74) is 2.23. The number of aryl methyl sites for hydroxylation is 1. The maximum Gasteiger partial charge on any atom is 0.244 e. The van der Waals surface area contributed by atoms with Gasteiger partial charge >= 0.3 is 0 Å². The summed E-state index contributed by atoms with van der Waals surface area (Å²) in [5.74, 6) is 0.0339. The number of hydrogen-bond acceptors (Lipinski definition) is 5. The summed E-state index contributed by atoms with van der Waals surface area (Å²) >= 11 is 1.65. The van der Waals surface area contributed by atoms with Gasteiger partial charge in [0.1, 0.15) is 6.04 Å². The van der Waals surface area contributed by atoms with E-state index in [4.69, 9.17) is 0 Å². The molecule has 1 aliphatic rings. The maximum atomic E-state index is 12.8. The Bertz CT molecular complexity index is 868. The molecule has 0 saturated carbocycles. The van der Waals surface area contributed by atoms with Gasteiger partial charge in [0.25, 0.3) is 0 Å². The topological polar surface area (TPSA) is 68.0 Å². The zero-order valence-corrected chi connectivity index (χ0v) is 15.5. The lowest BCUT2D eigenvalue weighted by atomic mass is 10.1. The highest BCUT2D eigenvalue weighted by atomic mass is 32.1. The highest BCUT2D eigenvalue weighted by Gasteiger charge is 2.30. The molecule has 4 rings (SSSR count). The molecule has 3 aromatic rings. The van der Waals surface area contributed by atoms with Crippen LogP contribution >= 0.6 is 11.3 Å². The highest BCUT2D eigenvalue weighted by Crippen LogP contribution is 2.23. The lowest BCUT2D eigenvalue weighted by Crippen LogP contribution is -2.43. The predicted molar refractivity (Wildman–Crippen MR) is 99.4 cm³/mol. The molecule has 8 heteroatoms. The van der Waals surface area contributed by atoms with E-state index >= 15 is 0 Å². The summed E-state index contributed by atoms with van der Waals surface area (Å²) in [4.78, 5) is 20.5. The van der Waals surface area contributed by atoms with Crippen molar-refractivity contribution in [3.05, 3.63) is 58.6 Å². The van der Waals surface area contributed by atoms with Gasteiger partial charge in [0.2, 0.25) is 5.91 Å². The first-order valence-corrected chi connectivity index (χ1v) is 9.65. The van der Waals surface area contributed by atoms with Gasteiger partial charge in [-0.05, 0) is 18.4 Å². The van der Waals surface area contributed by atoms with E-state index in [2.05, 4.69) is 33.4 Å². The molecule has 0 unspecified atom stereocenters. The van der Waals surface area contributed by atoms with Gasteiger partial charge in [-0.3, -0.25) is 14.4 Å². The third kappa shape index (κ3) is 3.56. The van der Waals surface area contributed by atoms with Gasteiger partial charge in [0, 0.05) is 49.0 Å². The first-order valence-electron chi connectivity index (χ1n) is 8.77. The molecule has 0 aliphatic carbocycles. The minimum atomic E-state index is -0.262. The van der Waals surface area contributed by atoms with Crippen molar-refractivity contribution in [2.24, 2.45) is 0 Å². The quantitative estimate of drug-likeness (QED) is 0.721. The number of nitrogens with one attached hydrogen (secondary N) is 1. The van der Waals surface area contributed by atoms with Crippen LogP contribution in [0, 0.1) is 0 Å². The van der Waals surface area contributed by atoms with Crippen molar-refractivity contribution in [2.75, 3.05) is 6.54 Å². The normalized spacial score (nSPS) is 17.2. The number of rotatable bonds is 6. The van der Waals surface area contributed by atoms with Crippen LogP contribution in [0.5, 0.6) is 0 Å². The van der Waals surface area contributed by atoms with Gasteiger partial charge in [-0.1, -0.05) is 6.07 Å². The van der Waals surface area contributed by atoms with Crippen molar-refractivity contribution >= 4 is 17.2 Å². The van der Waals surface area contributed by atoms with Crippen LogP contribution in [0.3, 0.4) is 0 Å². The van der Waals surface area contributed by atoms with Crippen molar-refractivity contribution in [3.8, 4) is 0 Å². The Kier molecular flexibility index (Phi) is 4.85. The molecule has 0 radical (unpaired) electrons. The first kappa shape index (κ1) is 17.0. The Morgan fingerprint density at radius 1 is 1.42 bits per heavy atom. The monoisotopic (exact) mass is 370 g/mol. The van der Waals surface area contributed by atoms with Gasteiger partial charge < -0.3 is 9.88 Å². The number of fused-ring (bicyclic) bond motifs is 1. The second-order valence-electron chi connectivity index (χ2n) is 6.48. The minimum absolute atomic E-state index is 0.0339. The molecule has 0 spiro atoms. The fraction of sp³-hybridized carbons (Fsp3) is 0.389. The van der Waals surface area contributed by atoms with Gasteiger partial charge in [-0.2, -0.15) is 5.10 Å². The predicted octanol–water partition coefficient (Wildman–Crippen LogP) is 2.03. The van der Waals surface area contributed by atoms with E-state index in [-0.39, 0.29) is 11.9 Å². The molecule has 0 fully saturated rings. The van der Waals surface area contributed by atoms with E-state index in [0.29, 0.717) is 13.1 Å². The zero-order valence-electron chi connectivity index (χ0n) is 14.7. The summed E-state index contributed by atoms with van der Waals surface area (Å²) in [6.07, 6.45) is 7.58. The Labute approximate surface area is 156 Å². The Hall–Kier alpha value is -2.45. The van der Waals surface area contributed by atoms with Gasteiger partial charge in [0.15, 0.2) is 0 Å². The van der Waals surface area contributed by atoms with Crippen LogP contribution in [0.1, 0.15) is 29.1 Å². The van der Waals surface area contributed by atoms with E-state index in [0.717, 1.165) is 35.8 Å². The molecule has 1 atom stereocenters. The molecule has 1 aliphatic heterocycles. The summed E-state index contributed by atoms with van der Waals surface area (Å²) in [6.45, 7) is 5.73. The average molecular weight is 370 g/mol. The van der Waals surface area contributed by atoms with E-state index in [1.807, 2.05) is 39.2 Å². The standard InChI is InChI=1S/C18H22N6OS/c1-2-23-10-14(6-21-23)9-22-11-15-7-19-13-24(15)17(12-22)18(25)20-8-16-4-3-5-26-16/h3-7,10,13,17H,2,8-9,11-12H2,1H3,(H,20,25)/t17-/m1/s1. The largest absolute Gasteiger partial charge is 0.349 e. The number of hydrogen-bond donors (Lipinski definition) is 1. The number of imidazole rings is 1. The fourth-order valence-electron chi connectivity index (χ4n) is 3.32. The summed E-state index contributed by atoms with van der Waals surface area (Å²) in [5, 5.41) is 9.43. The van der Waals surface area contributed by atoms with Crippen LogP contribution in [0.2, 0.25) is 0 Å². The Morgan fingerprint density at radius 2 is 2.35 bits per heavy atom. The van der Waals surface area contributed by atoms with E-state index in [1.54, 1.807) is 17.7 Å². The van der Waals surface area contributed by atoms with Crippen LogP contribution in [-0.4, -0.2) is 36.7 Å². The van der Waals surface area contributed by atoms with E-state index in [9.17, 15) is 4.79 Å². The van der Waals surface area contributed by atoms with Crippen molar-refractivity contribution in [2.45, 2.75) is 39.1 Å². The lowest BCUT2D eigenvalue weighted by molar-refractivity contribution is -0.125. The Balaban J connectivity index is 1.46. The van der Waals surface area contributed by atoms with Crippen molar-refractivity contribution in [1.82, 2.24) is 29.5 Å². The van der Waals surface area contributed by atoms with Gasteiger partial charge in [0.05, 0.1) is 24.8 Å². The van der Waals surface area contributed by atoms with Crippen LogP contribution in [0.25, 0.3) is 0 Å². The summed E-state index contributed by atoms with van der Waals surface area (Å²) < 4.78 is 3.92. The van der Waals surface area contributed by atoms with E-state index < -0.39 is 0 Å². The number of thiophene rings is 1. The first-order chi connectivity index (χ1) is 12.7. The number of carbonyl (C=O) groups excluding carboxylic acids is 1. The maximum absolute atomic E-state index is 12.8. The number of aromatic nitrogens is 4. The second kappa shape index (κ2) is 7.43. The molecule has 0 saturated heterocycles. The third-order valence-electron chi connectivity index (χ3n) is 4.64. The van der Waals surface area contributed by atoms with Crippen molar-refractivity contribution in [3.63, 3.8) is 0 Å². The van der Waals surface area contributed by atoms with Gasteiger partial charge in [-0.15, -0.1) is 11.3 Å². The molecule has 3 aromatic heterocycles. The number of carbonyl (C=O) groups is 1. The van der Waals surface area contributed by atoms with Crippen LogP contribution in [-0.2, 0) is 31.0 Å². The minimum Gasteiger partial charge on any atom is -0.349 e. The van der Waals surface area contributed by atoms with Crippen molar-refractivity contribution < 1.29 is 4.79 Å². The Morgan fingerprint density at radius 3 is 3.12 bits per heavy atom. The van der Waals surface area contributed by atoms with Gasteiger partial charge in [-0.25, -0.2) is 4.98 Å². The number of nitrogens with zero attached hydrogens (tertiary/aromatic N) is 5. The molecule has 26 heavy (non-hydrogen) atoms.